The molecule has 0 spiro atoms. The largest absolute Gasteiger partial charge is 0.392 e. The van der Waals surface area contributed by atoms with E-state index >= 15 is 0 Å². The summed E-state index contributed by atoms with van der Waals surface area (Å²) in [6.45, 7) is 3.75. The van der Waals surface area contributed by atoms with Gasteiger partial charge in [0.15, 0.2) is 11.2 Å². The number of hydrazine groups is 1. The smallest absolute Gasteiger partial charge is 0.332 e. The molecule has 10 nitrogen and oxygen atoms in total. The second kappa shape index (κ2) is 11.7. The molecule has 204 valence electrons. The van der Waals surface area contributed by atoms with E-state index in [4.69, 9.17) is 16.4 Å². The fourth-order valence-electron chi connectivity index (χ4n) is 4.95. The summed E-state index contributed by atoms with van der Waals surface area (Å²) in [7, 11) is 0. The highest BCUT2D eigenvalue weighted by atomic mass is 35.5. The van der Waals surface area contributed by atoms with Crippen LogP contribution in [0.3, 0.4) is 0 Å². The lowest BCUT2D eigenvalue weighted by atomic mass is 10.1. The molecule has 0 atom stereocenters. The van der Waals surface area contributed by atoms with Crippen molar-refractivity contribution in [3.05, 3.63) is 73.5 Å². The zero-order valence-electron chi connectivity index (χ0n) is 20.9. The second-order valence-electron chi connectivity index (χ2n) is 9.63. The molecule has 0 aliphatic carbocycles. The Morgan fingerprint density at radius 3 is 2.61 bits per heavy atom. The Kier molecular flexibility index (Phi) is 8.10. The van der Waals surface area contributed by atoms with Crippen LogP contribution in [0, 0.1) is 11.6 Å². The first-order valence-electron chi connectivity index (χ1n) is 12.8. The number of allylic oxidation sites excluding steroid dienone is 1. The average Bonchev–Trinajstić information content (AvgIpc) is 3.52. The number of piperidine rings is 1. The van der Waals surface area contributed by atoms with Crippen LogP contribution in [0.4, 0.5) is 8.78 Å². The molecule has 1 aromatic carbocycles. The Morgan fingerprint density at radius 2 is 1.82 bits per heavy atom. The van der Waals surface area contributed by atoms with E-state index in [1.54, 1.807) is 6.20 Å². The lowest BCUT2D eigenvalue weighted by Gasteiger charge is -2.26. The Morgan fingerprint density at radius 1 is 1.03 bits per heavy atom. The summed E-state index contributed by atoms with van der Waals surface area (Å²) in [6.07, 6.45) is 6.95. The predicted octanol–water partition coefficient (Wildman–Crippen LogP) is 3.27. The molecule has 5 rings (SSSR count). The Hall–Kier alpha value is -3.22. The van der Waals surface area contributed by atoms with Crippen molar-refractivity contribution in [2.24, 2.45) is 0 Å². The molecule has 0 amide bonds. The third-order valence-corrected chi connectivity index (χ3v) is 7.07. The van der Waals surface area contributed by atoms with E-state index < -0.39 is 22.9 Å². The number of nitrogens with one attached hydrogen (secondary N) is 2. The lowest BCUT2D eigenvalue weighted by molar-refractivity contribution is 0.0138. The first-order valence-corrected chi connectivity index (χ1v) is 13.2. The molecular formula is C25H30ClF2N7O3. The molecule has 0 unspecified atom stereocenters. The molecule has 2 aliphatic heterocycles. The van der Waals surface area contributed by atoms with Crippen molar-refractivity contribution < 1.29 is 13.6 Å². The number of fused-ring (bicyclic) bond motifs is 1. The summed E-state index contributed by atoms with van der Waals surface area (Å²) in [6, 6.07) is 3.40. The number of aromatic amines is 1. The summed E-state index contributed by atoms with van der Waals surface area (Å²) in [4.78, 5) is 41.2. The van der Waals surface area contributed by atoms with Crippen LogP contribution in [-0.4, -0.2) is 48.6 Å². The molecule has 38 heavy (non-hydrogen) atoms. The number of likely N-dealkylation sites (tertiary alicyclic amines) is 1. The molecule has 2 aliphatic rings. The molecular weight excluding hydrogens is 520 g/mol. The molecule has 1 fully saturated rings. The van der Waals surface area contributed by atoms with Gasteiger partial charge in [-0.1, -0.05) is 18.1 Å². The molecule has 13 heteroatoms. The number of benzene rings is 1. The van der Waals surface area contributed by atoms with Gasteiger partial charge in [0, 0.05) is 31.1 Å². The molecule has 3 aromatic rings. The first-order chi connectivity index (χ1) is 18.4. The van der Waals surface area contributed by atoms with Crippen LogP contribution in [-0.2, 0) is 24.5 Å². The van der Waals surface area contributed by atoms with Gasteiger partial charge in [-0.2, -0.15) is 4.98 Å². The van der Waals surface area contributed by atoms with Crippen LogP contribution in [0.15, 0.2) is 39.7 Å². The highest BCUT2D eigenvalue weighted by molar-refractivity contribution is 6.28. The van der Waals surface area contributed by atoms with E-state index in [0.29, 0.717) is 30.7 Å². The minimum Gasteiger partial charge on any atom is -0.392 e. The van der Waals surface area contributed by atoms with Crippen LogP contribution in [0.2, 0.25) is 5.28 Å². The topological polar surface area (TPSA) is 100 Å². The maximum absolute atomic E-state index is 13.9. The Bertz CT molecular complexity index is 1450. The summed E-state index contributed by atoms with van der Waals surface area (Å²) in [5.41, 5.74) is 2.57. The molecule has 0 bridgehead atoms. The van der Waals surface area contributed by atoms with Crippen molar-refractivity contribution in [2.45, 2.75) is 58.2 Å². The minimum absolute atomic E-state index is 0.0623. The number of rotatable bonds is 10. The lowest BCUT2D eigenvalue weighted by Crippen LogP contribution is -2.41. The number of aryl methyl sites for hydroxylation is 1. The van der Waals surface area contributed by atoms with Gasteiger partial charge in [-0.15, -0.1) is 0 Å². The third kappa shape index (κ3) is 5.92. The maximum Gasteiger partial charge on any atom is 0.332 e. The summed E-state index contributed by atoms with van der Waals surface area (Å²) >= 11 is 6.05. The van der Waals surface area contributed by atoms with E-state index in [0.717, 1.165) is 32.1 Å². The zero-order valence-corrected chi connectivity index (χ0v) is 21.6. The summed E-state index contributed by atoms with van der Waals surface area (Å²) < 4.78 is 29.8. The molecule has 1 saturated heterocycles. The van der Waals surface area contributed by atoms with Gasteiger partial charge in [-0.25, -0.2) is 13.6 Å². The van der Waals surface area contributed by atoms with Gasteiger partial charge in [-0.3, -0.25) is 18.9 Å². The number of halogens is 3. The van der Waals surface area contributed by atoms with Gasteiger partial charge in [0.2, 0.25) is 5.28 Å². The predicted molar refractivity (Wildman–Crippen MR) is 138 cm³/mol. The van der Waals surface area contributed by atoms with Crippen molar-refractivity contribution in [1.29, 1.82) is 0 Å². The van der Waals surface area contributed by atoms with E-state index in [9.17, 15) is 18.4 Å². The van der Waals surface area contributed by atoms with Crippen LogP contribution >= 0.6 is 11.6 Å². The maximum atomic E-state index is 13.9. The van der Waals surface area contributed by atoms with E-state index in [2.05, 4.69) is 20.5 Å². The number of nitrogens with zero attached hydrogens (tertiary/aromatic N) is 5. The van der Waals surface area contributed by atoms with Crippen LogP contribution < -0.4 is 16.8 Å². The first kappa shape index (κ1) is 26.4. The number of hydrogen-bond acceptors (Lipinski definition) is 7. The van der Waals surface area contributed by atoms with E-state index in [1.165, 1.54) is 45.5 Å². The van der Waals surface area contributed by atoms with Gasteiger partial charge < -0.3 is 14.7 Å². The third-order valence-electron chi connectivity index (χ3n) is 6.89. The molecule has 4 heterocycles. The van der Waals surface area contributed by atoms with Crippen LogP contribution in [0.5, 0.6) is 0 Å². The van der Waals surface area contributed by atoms with Gasteiger partial charge in [-0.05, 0) is 63.0 Å². The fourth-order valence-corrected chi connectivity index (χ4v) is 5.13. The quantitative estimate of drug-likeness (QED) is 0.374. The number of H-pyrrole nitrogens is 1. The normalized spacial score (nSPS) is 16.3. The average molecular weight is 550 g/mol. The fraction of sp³-hybridized carbons (Fsp3) is 0.480. The van der Waals surface area contributed by atoms with E-state index in [1.807, 2.05) is 0 Å². The van der Waals surface area contributed by atoms with Gasteiger partial charge in [0.25, 0.3) is 5.56 Å². The van der Waals surface area contributed by atoms with Crippen molar-refractivity contribution in [2.75, 3.05) is 19.6 Å². The van der Waals surface area contributed by atoms with Gasteiger partial charge >= 0.3 is 5.69 Å². The van der Waals surface area contributed by atoms with Gasteiger partial charge in [0.05, 0.1) is 12.7 Å². The summed E-state index contributed by atoms with van der Waals surface area (Å²) in [5, 5.41) is 1.60. The molecule has 2 N–H and O–H groups in total. The van der Waals surface area contributed by atoms with Crippen molar-refractivity contribution in [1.82, 2.24) is 34.6 Å². The number of aromatic nitrogens is 4. The Labute approximate surface area is 222 Å². The highest BCUT2D eigenvalue weighted by Gasteiger charge is 2.19. The van der Waals surface area contributed by atoms with E-state index in [-0.39, 0.29) is 29.5 Å². The Balaban J connectivity index is 1.24. The van der Waals surface area contributed by atoms with Gasteiger partial charge in [0.1, 0.15) is 17.4 Å². The summed E-state index contributed by atoms with van der Waals surface area (Å²) in [5.74, 6) is -0.720. The number of hydrogen-bond donors (Lipinski definition) is 2. The zero-order chi connectivity index (χ0) is 26.6. The SMILES string of the molecule is O=c1c2[nH]c(Cl)nc2n(CCCN2CCCCC2)c(=O)n1CCCC1=CN(Cc2ccc(F)cc2F)NO1. The second-order valence-corrected chi connectivity index (χ2v) is 9.99. The minimum atomic E-state index is -0.644. The standard InChI is InChI=1S/C25H30ClF2N7O3/c26-24-29-21-22(30-24)34(13-5-11-32-9-2-1-3-10-32)25(37)35(23(21)36)12-4-6-19-16-33(31-38-19)15-17-7-8-18(27)14-20(17)28/h7-8,14,16,31H,1-6,9-13,15H2,(H,29,30). The van der Waals surface area contributed by atoms with Crippen molar-refractivity contribution in [3.8, 4) is 0 Å². The van der Waals surface area contributed by atoms with Crippen LogP contribution in [0.25, 0.3) is 11.2 Å². The molecule has 0 radical (unpaired) electrons. The molecule has 2 aromatic heterocycles. The molecule has 0 saturated carbocycles. The van der Waals surface area contributed by atoms with Crippen LogP contribution in [0.1, 0.15) is 44.1 Å². The van der Waals surface area contributed by atoms with Crippen molar-refractivity contribution in [3.63, 3.8) is 0 Å². The van der Waals surface area contributed by atoms with Crippen molar-refractivity contribution >= 4 is 22.8 Å². The highest BCUT2D eigenvalue weighted by Crippen LogP contribution is 2.18. The monoisotopic (exact) mass is 549 g/mol. The number of imidazole rings is 1.